The van der Waals surface area contributed by atoms with Crippen LogP contribution in [0.4, 0.5) is 5.69 Å². The van der Waals surface area contributed by atoms with Gasteiger partial charge in [-0.05, 0) is 61.7 Å². The Hall–Kier alpha value is -2.00. The fraction of sp³-hybridized carbons (Fsp3) is 0.417. The maximum absolute atomic E-state index is 13.3. The molecule has 1 atom stereocenters. The number of likely N-dealkylation sites (N-methyl/N-ethyl adjacent to an activating group) is 1. The van der Waals surface area contributed by atoms with Gasteiger partial charge in [0.15, 0.2) is 0 Å². The number of anilines is 1. The summed E-state index contributed by atoms with van der Waals surface area (Å²) in [5.41, 5.74) is 1.19. The maximum atomic E-state index is 13.3. The van der Waals surface area contributed by atoms with Crippen LogP contribution in [-0.2, 0) is 26.2 Å². The highest BCUT2D eigenvalue weighted by Crippen LogP contribution is 2.25. The van der Waals surface area contributed by atoms with Gasteiger partial charge in [0, 0.05) is 31.1 Å². The van der Waals surface area contributed by atoms with Gasteiger partial charge in [-0.25, -0.2) is 8.42 Å². The van der Waals surface area contributed by atoms with E-state index >= 15 is 0 Å². The number of carbonyl (C=O) groups is 2. The van der Waals surface area contributed by atoms with E-state index in [1.807, 2.05) is 13.8 Å². The van der Waals surface area contributed by atoms with Gasteiger partial charge in [-0.2, -0.15) is 0 Å². The highest BCUT2D eigenvalue weighted by Gasteiger charge is 2.28. The molecule has 0 saturated carbocycles. The molecule has 192 valence electrons. The molecule has 0 saturated heterocycles. The Balaban J connectivity index is 2.21. The second kappa shape index (κ2) is 13.3. The standard InChI is InChI=1S/C24H30Cl3N3O4S/c1-4-22(24(32)28-5-2)29(16-17-8-13-20(26)21(27)15-17)23(31)7-6-14-30(35(3,33)34)19-11-9-18(25)10-12-19/h8-13,15,22H,4-7,14,16H2,1-3H3,(H,28,32)/t22-/m0/s1. The van der Waals surface area contributed by atoms with Crippen LogP contribution in [0, 0.1) is 0 Å². The molecular formula is C24H30Cl3N3O4S. The first-order chi connectivity index (χ1) is 16.5. The van der Waals surface area contributed by atoms with E-state index in [4.69, 9.17) is 34.8 Å². The number of amides is 2. The molecule has 0 radical (unpaired) electrons. The van der Waals surface area contributed by atoms with Gasteiger partial charge >= 0.3 is 0 Å². The third-order valence-corrected chi connectivity index (χ3v) is 7.53. The Morgan fingerprint density at radius 3 is 2.20 bits per heavy atom. The molecule has 0 spiro atoms. The summed E-state index contributed by atoms with van der Waals surface area (Å²) in [6.45, 7) is 4.35. The first-order valence-electron chi connectivity index (χ1n) is 11.2. The summed E-state index contributed by atoms with van der Waals surface area (Å²) in [7, 11) is -3.57. The van der Waals surface area contributed by atoms with Crippen LogP contribution in [-0.4, -0.2) is 50.5 Å². The summed E-state index contributed by atoms with van der Waals surface area (Å²) in [5.74, 6) is -0.513. The number of hydrogen-bond donors (Lipinski definition) is 1. The molecule has 7 nitrogen and oxygen atoms in total. The lowest BCUT2D eigenvalue weighted by Gasteiger charge is -2.31. The van der Waals surface area contributed by atoms with Gasteiger partial charge in [0.05, 0.1) is 22.0 Å². The summed E-state index contributed by atoms with van der Waals surface area (Å²) in [4.78, 5) is 27.5. The lowest BCUT2D eigenvalue weighted by atomic mass is 10.1. The van der Waals surface area contributed by atoms with Gasteiger partial charge in [0.2, 0.25) is 21.8 Å². The summed E-state index contributed by atoms with van der Waals surface area (Å²) in [6, 6.07) is 10.8. The molecule has 0 aliphatic carbocycles. The quantitative estimate of drug-likeness (QED) is 0.388. The maximum Gasteiger partial charge on any atom is 0.242 e. The minimum Gasteiger partial charge on any atom is -0.355 e. The van der Waals surface area contributed by atoms with Crippen molar-refractivity contribution < 1.29 is 18.0 Å². The van der Waals surface area contributed by atoms with E-state index in [2.05, 4.69) is 5.32 Å². The fourth-order valence-electron chi connectivity index (χ4n) is 3.66. The normalized spacial score (nSPS) is 12.2. The van der Waals surface area contributed by atoms with Gasteiger partial charge in [-0.1, -0.05) is 47.8 Å². The zero-order valence-corrected chi connectivity index (χ0v) is 23.0. The molecule has 0 bridgehead atoms. The number of carbonyl (C=O) groups excluding carboxylic acids is 2. The summed E-state index contributed by atoms with van der Waals surface area (Å²) < 4.78 is 26.0. The van der Waals surface area contributed by atoms with Crippen LogP contribution in [0.5, 0.6) is 0 Å². The Labute approximate surface area is 222 Å². The van der Waals surface area contributed by atoms with E-state index in [9.17, 15) is 18.0 Å². The predicted octanol–water partition coefficient (Wildman–Crippen LogP) is 5.14. The van der Waals surface area contributed by atoms with Crippen molar-refractivity contribution in [3.8, 4) is 0 Å². The van der Waals surface area contributed by atoms with Crippen LogP contribution in [0.25, 0.3) is 0 Å². The second-order valence-corrected chi connectivity index (χ2v) is 11.2. The summed E-state index contributed by atoms with van der Waals surface area (Å²) >= 11 is 18.1. The Bertz CT molecular complexity index is 1130. The van der Waals surface area contributed by atoms with E-state index in [1.165, 1.54) is 9.21 Å². The third-order valence-electron chi connectivity index (χ3n) is 5.34. The van der Waals surface area contributed by atoms with Crippen molar-refractivity contribution in [2.24, 2.45) is 0 Å². The molecule has 0 aliphatic heterocycles. The number of nitrogens with zero attached hydrogens (tertiary/aromatic N) is 2. The van der Waals surface area contributed by atoms with Crippen LogP contribution in [0.1, 0.15) is 38.7 Å². The second-order valence-electron chi connectivity index (χ2n) is 8.00. The SMILES string of the molecule is CCNC(=O)[C@H](CC)N(Cc1ccc(Cl)c(Cl)c1)C(=O)CCCN(c1ccc(Cl)cc1)S(C)(=O)=O. The van der Waals surface area contributed by atoms with Gasteiger partial charge < -0.3 is 10.2 Å². The average Bonchev–Trinajstić information content (AvgIpc) is 2.79. The number of hydrogen-bond acceptors (Lipinski definition) is 4. The topological polar surface area (TPSA) is 86.8 Å². The lowest BCUT2D eigenvalue weighted by molar-refractivity contribution is -0.141. The fourth-order valence-corrected chi connectivity index (χ4v) is 5.07. The molecule has 1 N–H and O–H groups in total. The molecule has 0 fully saturated rings. The molecule has 0 aliphatic rings. The van der Waals surface area contributed by atoms with Crippen molar-refractivity contribution in [2.75, 3.05) is 23.7 Å². The molecule has 0 aromatic heterocycles. The van der Waals surface area contributed by atoms with Crippen LogP contribution in [0.3, 0.4) is 0 Å². The van der Waals surface area contributed by atoms with Crippen molar-refractivity contribution in [2.45, 2.75) is 45.7 Å². The molecule has 0 heterocycles. The van der Waals surface area contributed by atoms with Gasteiger partial charge in [0.25, 0.3) is 0 Å². The molecule has 2 aromatic rings. The van der Waals surface area contributed by atoms with Crippen molar-refractivity contribution in [3.63, 3.8) is 0 Å². The number of rotatable bonds is 12. The van der Waals surface area contributed by atoms with Crippen molar-refractivity contribution in [1.82, 2.24) is 10.2 Å². The van der Waals surface area contributed by atoms with Crippen LogP contribution in [0.2, 0.25) is 15.1 Å². The van der Waals surface area contributed by atoms with Crippen LogP contribution < -0.4 is 9.62 Å². The van der Waals surface area contributed by atoms with E-state index < -0.39 is 16.1 Å². The zero-order valence-electron chi connectivity index (χ0n) is 19.9. The molecule has 11 heteroatoms. The van der Waals surface area contributed by atoms with E-state index in [0.29, 0.717) is 33.7 Å². The summed E-state index contributed by atoms with van der Waals surface area (Å²) in [5, 5.41) is 4.02. The Kier molecular flexibility index (Phi) is 11.1. The molecule has 2 rings (SSSR count). The average molecular weight is 563 g/mol. The van der Waals surface area contributed by atoms with Crippen LogP contribution >= 0.6 is 34.8 Å². The van der Waals surface area contributed by atoms with Gasteiger partial charge in [0.1, 0.15) is 6.04 Å². The minimum absolute atomic E-state index is 0.0524. The highest BCUT2D eigenvalue weighted by molar-refractivity contribution is 7.92. The minimum atomic E-state index is -3.57. The molecule has 35 heavy (non-hydrogen) atoms. The molecular weight excluding hydrogens is 533 g/mol. The van der Waals surface area contributed by atoms with Crippen molar-refractivity contribution >= 4 is 62.3 Å². The number of benzene rings is 2. The van der Waals surface area contributed by atoms with Crippen molar-refractivity contribution in [1.29, 1.82) is 0 Å². The number of nitrogens with one attached hydrogen (secondary N) is 1. The highest BCUT2D eigenvalue weighted by atomic mass is 35.5. The molecule has 0 unspecified atom stereocenters. The van der Waals surface area contributed by atoms with Crippen LogP contribution in [0.15, 0.2) is 42.5 Å². The predicted molar refractivity (Wildman–Crippen MR) is 143 cm³/mol. The van der Waals surface area contributed by atoms with E-state index in [1.54, 1.807) is 42.5 Å². The third kappa shape index (κ3) is 8.56. The van der Waals surface area contributed by atoms with Gasteiger partial charge in [-0.15, -0.1) is 0 Å². The van der Waals surface area contributed by atoms with E-state index in [-0.39, 0.29) is 37.7 Å². The zero-order chi connectivity index (χ0) is 26.2. The van der Waals surface area contributed by atoms with Crippen molar-refractivity contribution in [3.05, 3.63) is 63.1 Å². The number of halogens is 3. The van der Waals surface area contributed by atoms with Gasteiger partial charge in [-0.3, -0.25) is 13.9 Å². The smallest absolute Gasteiger partial charge is 0.242 e. The first-order valence-corrected chi connectivity index (χ1v) is 14.2. The lowest BCUT2D eigenvalue weighted by Crippen LogP contribution is -2.49. The van der Waals surface area contributed by atoms with E-state index in [0.717, 1.165) is 11.8 Å². The Morgan fingerprint density at radius 1 is 1.00 bits per heavy atom. The largest absolute Gasteiger partial charge is 0.355 e. The molecule has 2 aromatic carbocycles. The summed E-state index contributed by atoms with van der Waals surface area (Å²) in [6.07, 6.45) is 1.84. The Morgan fingerprint density at radius 2 is 1.66 bits per heavy atom. The monoisotopic (exact) mass is 561 g/mol. The molecule has 2 amide bonds. The first kappa shape index (κ1) is 29.2. The number of sulfonamides is 1.